The highest BCUT2D eigenvalue weighted by Crippen LogP contribution is 2.28. The summed E-state index contributed by atoms with van der Waals surface area (Å²) in [4.78, 5) is 0. The molecule has 0 spiro atoms. The van der Waals surface area contributed by atoms with E-state index in [0.717, 1.165) is 39.9 Å². The molecule has 146 valence electrons. The molecule has 0 atom stereocenters. The lowest BCUT2D eigenvalue weighted by atomic mass is 10.1. The van der Waals surface area contributed by atoms with Crippen LogP contribution >= 0.6 is 39.1 Å². The largest absolute Gasteiger partial charge is 0.488 e. The lowest BCUT2D eigenvalue weighted by Gasteiger charge is -2.14. The van der Waals surface area contributed by atoms with Crippen molar-refractivity contribution in [2.24, 2.45) is 0 Å². The molecule has 3 aromatic rings. The summed E-state index contributed by atoms with van der Waals surface area (Å²) in [6.45, 7) is 1.71. The Morgan fingerprint density at radius 2 is 1.68 bits per heavy atom. The van der Waals surface area contributed by atoms with Crippen molar-refractivity contribution in [3.8, 4) is 5.75 Å². The fourth-order valence-corrected chi connectivity index (χ4v) is 3.67. The zero-order valence-electron chi connectivity index (χ0n) is 15.0. The highest BCUT2D eigenvalue weighted by Gasteiger charge is 2.09. The van der Waals surface area contributed by atoms with Crippen LogP contribution in [0.3, 0.4) is 0 Å². The van der Waals surface area contributed by atoms with Crippen LogP contribution in [0.15, 0.2) is 65.1 Å². The normalized spacial score (nSPS) is 10.9. The number of rotatable bonds is 8. The van der Waals surface area contributed by atoms with E-state index in [1.54, 1.807) is 24.3 Å². The van der Waals surface area contributed by atoms with Gasteiger partial charge in [-0.25, -0.2) is 4.39 Å². The third-order valence-corrected chi connectivity index (χ3v) is 5.48. The van der Waals surface area contributed by atoms with Gasteiger partial charge < -0.3 is 10.1 Å². The standard InChI is InChI=1S/C22H19BrCl2FNO/c23-17-6-9-22(28-14-19-20(24)2-1-3-21(19)25)16(12-17)13-27-11-10-15-4-7-18(26)8-5-15/h1-9,12,27H,10-11,13-14H2. The van der Waals surface area contributed by atoms with Gasteiger partial charge in [0.05, 0.1) is 0 Å². The van der Waals surface area contributed by atoms with Gasteiger partial charge in [-0.3, -0.25) is 0 Å². The molecule has 0 aliphatic rings. The highest BCUT2D eigenvalue weighted by molar-refractivity contribution is 9.10. The Hall–Kier alpha value is -1.59. The van der Waals surface area contributed by atoms with Gasteiger partial charge in [-0.2, -0.15) is 0 Å². The summed E-state index contributed by atoms with van der Waals surface area (Å²) in [5, 5.41) is 4.58. The summed E-state index contributed by atoms with van der Waals surface area (Å²) < 4.78 is 19.9. The van der Waals surface area contributed by atoms with Gasteiger partial charge in [0.1, 0.15) is 18.2 Å². The van der Waals surface area contributed by atoms with Gasteiger partial charge in [0.2, 0.25) is 0 Å². The van der Waals surface area contributed by atoms with Crippen molar-refractivity contribution < 1.29 is 9.13 Å². The monoisotopic (exact) mass is 481 g/mol. The highest BCUT2D eigenvalue weighted by atomic mass is 79.9. The van der Waals surface area contributed by atoms with E-state index in [9.17, 15) is 4.39 Å². The van der Waals surface area contributed by atoms with Crippen LogP contribution in [-0.4, -0.2) is 6.54 Å². The third kappa shape index (κ3) is 5.95. The molecule has 0 fully saturated rings. The molecule has 6 heteroatoms. The van der Waals surface area contributed by atoms with E-state index in [-0.39, 0.29) is 5.82 Å². The topological polar surface area (TPSA) is 21.3 Å². The minimum atomic E-state index is -0.216. The second kappa shape index (κ2) is 10.3. The van der Waals surface area contributed by atoms with E-state index in [4.69, 9.17) is 27.9 Å². The van der Waals surface area contributed by atoms with Crippen molar-refractivity contribution in [2.45, 2.75) is 19.6 Å². The van der Waals surface area contributed by atoms with E-state index >= 15 is 0 Å². The Morgan fingerprint density at radius 1 is 0.964 bits per heavy atom. The van der Waals surface area contributed by atoms with Crippen LogP contribution in [0, 0.1) is 5.82 Å². The first-order valence-corrected chi connectivity index (χ1v) is 10.4. The number of nitrogens with one attached hydrogen (secondary N) is 1. The van der Waals surface area contributed by atoms with Crippen molar-refractivity contribution in [3.63, 3.8) is 0 Å². The first kappa shape index (κ1) is 21.1. The predicted octanol–water partition coefficient (Wildman–Crippen LogP) is 6.81. The molecule has 0 bridgehead atoms. The van der Waals surface area contributed by atoms with E-state index in [0.29, 0.717) is 23.2 Å². The number of ether oxygens (including phenoxy) is 1. The van der Waals surface area contributed by atoms with Crippen molar-refractivity contribution in [2.75, 3.05) is 6.54 Å². The Labute approximate surface area is 182 Å². The molecule has 3 aromatic carbocycles. The number of benzene rings is 3. The molecule has 28 heavy (non-hydrogen) atoms. The van der Waals surface area contributed by atoms with E-state index in [2.05, 4.69) is 21.2 Å². The number of hydrogen-bond donors (Lipinski definition) is 1. The molecule has 0 unspecified atom stereocenters. The Kier molecular flexibility index (Phi) is 7.74. The Balaban J connectivity index is 1.59. The second-order valence-corrected chi connectivity index (χ2v) is 8.02. The zero-order valence-corrected chi connectivity index (χ0v) is 18.1. The summed E-state index contributed by atoms with van der Waals surface area (Å²) in [7, 11) is 0. The minimum Gasteiger partial charge on any atom is -0.488 e. The van der Waals surface area contributed by atoms with Crippen LogP contribution in [0.5, 0.6) is 5.75 Å². The molecule has 0 saturated carbocycles. The van der Waals surface area contributed by atoms with Gasteiger partial charge in [0, 0.05) is 32.2 Å². The van der Waals surface area contributed by atoms with E-state index in [1.807, 2.05) is 24.3 Å². The quantitative estimate of drug-likeness (QED) is 0.356. The predicted molar refractivity (Wildman–Crippen MR) is 117 cm³/mol. The SMILES string of the molecule is Fc1ccc(CCNCc2cc(Br)ccc2OCc2c(Cl)cccc2Cl)cc1. The molecule has 0 aliphatic heterocycles. The second-order valence-electron chi connectivity index (χ2n) is 6.29. The zero-order chi connectivity index (χ0) is 19.9. The smallest absolute Gasteiger partial charge is 0.124 e. The van der Waals surface area contributed by atoms with Gasteiger partial charge in [-0.1, -0.05) is 57.3 Å². The molecule has 0 radical (unpaired) electrons. The van der Waals surface area contributed by atoms with Gasteiger partial charge in [-0.05, 0) is 61.0 Å². The molecule has 0 saturated heterocycles. The molecule has 0 aromatic heterocycles. The molecule has 0 heterocycles. The van der Waals surface area contributed by atoms with Crippen LogP contribution in [0.25, 0.3) is 0 Å². The van der Waals surface area contributed by atoms with Gasteiger partial charge in [0.15, 0.2) is 0 Å². The molecular formula is C22H19BrCl2FNO. The molecule has 1 N–H and O–H groups in total. The summed E-state index contributed by atoms with van der Waals surface area (Å²) in [6.07, 6.45) is 0.819. The van der Waals surface area contributed by atoms with E-state index < -0.39 is 0 Å². The lowest BCUT2D eigenvalue weighted by Crippen LogP contribution is -2.17. The van der Waals surface area contributed by atoms with Crippen LogP contribution in [0.2, 0.25) is 10.0 Å². The number of hydrogen-bond acceptors (Lipinski definition) is 2. The summed E-state index contributed by atoms with van der Waals surface area (Å²) in [6, 6.07) is 17.9. The van der Waals surface area contributed by atoms with Crippen LogP contribution in [0.1, 0.15) is 16.7 Å². The molecular weight excluding hydrogens is 464 g/mol. The first-order chi connectivity index (χ1) is 13.5. The first-order valence-electron chi connectivity index (χ1n) is 8.82. The van der Waals surface area contributed by atoms with Crippen molar-refractivity contribution in [3.05, 3.63) is 97.7 Å². The third-order valence-electron chi connectivity index (χ3n) is 4.28. The Morgan fingerprint density at radius 3 is 2.39 bits per heavy atom. The van der Waals surface area contributed by atoms with E-state index in [1.165, 1.54) is 12.1 Å². The fourth-order valence-electron chi connectivity index (χ4n) is 2.75. The van der Waals surface area contributed by atoms with Crippen molar-refractivity contribution in [1.82, 2.24) is 5.32 Å². The van der Waals surface area contributed by atoms with Crippen molar-refractivity contribution >= 4 is 39.1 Å². The van der Waals surface area contributed by atoms with Crippen LogP contribution in [-0.2, 0) is 19.6 Å². The molecule has 0 aliphatic carbocycles. The molecule has 3 rings (SSSR count). The Bertz CT molecular complexity index is 914. The maximum atomic E-state index is 13.0. The minimum absolute atomic E-state index is 0.216. The van der Waals surface area contributed by atoms with Gasteiger partial charge in [0.25, 0.3) is 0 Å². The van der Waals surface area contributed by atoms with Crippen LogP contribution < -0.4 is 10.1 Å². The van der Waals surface area contributed by atoms with Crippen molar-refractivity contribution in [1.29, 1.82) is 0 Å². The van der Waals surface area contributed by atoms with Gasteiger partial charge >= 0.3 is 0 Å². The van der Waals surface area contributed by atoms with Crippen LogP contribution in [0.4, 0.5) is 4.39 Å². The average Bonchev–Trinajstić information content (AvgIpc) is 2.67. The molecule has 0 amide bonds. The average molecular weight is 483 g/mol. The fraction of sp³-hybridized carbons (Fsp3) is 0.182. The maximum absolute atomic E-state index is 13.0. The molecule has 2 nitrogen and oxygen atoms in total. The van der Waals surface area contributed by atoms with Gasteiger partial charge in [-0.15, -0.1) is 0 Å². The maximum Gasteiger partial charge on any atom is 0.124 e. The summed E-state index contributed by atoms with van der Waals surface area (Å²) in [5.74, 6) is 0.555. The lowest BCUT2D eigenvalue weighted by molar-refractivity contribution is 0.302. The summed E-state index contributed by atoms with van der Waals surface area (Å²) in [5.41, 5.74) is 2.88. The number of halogens is 4. The summed E-state index contributed by atoms with van der Waals surface area (Å²) >= 11 is 16.0.